The van der Waals surface area contributed by atoms with Crippen molar-refractivity contribution < 1.29 is 0 Å². The second kappa shape index (κ2) is 12.8. The van der Waals surface area contributed by atoms with Crippen LogP contribution >= 0.6 is 0 Å². The summed E-state index contributed by atoms with van der Waals surface area (Å²) < 4.78 is 0. The molecule has 8 bridgehead atoms. The lowest BCUT2D eigenvalue weighted by atomic mass is 9.99. The number of fused-ring (bicyclic) bond motifs is 10. The van der Waals surface area contributed by atoms with Crippen molar-refractivity contribution in [1.29, 1.82) is 0 Å². The normalized spacial score (nSPS) is 11.9. The van der Waals surface area contributed by atoms with E-state index in [1.807, 2.05) is 0 Å². The van der Waals surface area contributed by atoms with E-state index < -0.39 is 0 Å². The van der Waals surface area contributed by atoms with Gasteiger partial charge in [-0.2, -0.15) is 0 Å². The smallest absolute Gasteiger partial charge is 0.0467 e. The average molecular weight is 639 g/mol. The van der Waals surface area contributed by atoms with E-state index in [0.717, 1.165) is 56.4 Å². The molecule has 0 radical (unpaired) electrons. The molecule has 9 rings (SSSR count). The van der Waals surface area contributed by atoms with E-state index in [0.29, 0.717) is 0 Å². The summed E-state index contributed by atoms with van der Waals surface area (Å²) in [6.45, 7) is 0. The highest BCUT2D eigenvalue weighted by atomic mass is 15.1. The summed E-state index contributed by atoms with van der Waals surface area (Å²) in [4.78, 5) is 4.73. The van der Waals surface area contributed by atoms with Gasteiger partial charge in [-0.3, -0.25) is 0 Å². The molecular weight excluding hydrogens is 605 g/mol. The second-order valence-electron chi connectivity index (χ2n) is 12.7. The summed E-state index contributed by atoms with van der Waals surface area (Å²) in [5.74, 6) is 0. The van der Waals surface area contributed by atoms with Gasteiger partial charge in [0.2, 0.25) is 0 Å². The Morgan fingerprint density at radius 2 is 0.440 bits per heavy atom. The van der Waals surface area contributed by atoms with E-state index in [2.05, 4.69) is 216 Å². The molecule has 1 aliphatic rings. The van der Waals surface area contributed by atoms with Crippen molar-refractivity contribution in [3.63, 3.8) is 0 Å². The largest absolute Gasteiger partial charge is 0.310 e. The molecule has 0 saturated heterocycles. The fourth-order valence-electron chi connectivity index (χ4n) is 7.06. The first-order chi connectivity index (χ1) is 24.8. The zero-order chi connectivity index (χ0) is 33.3. The average Bonchev–Trinajstić information content (AvgIpc) is 3.20. The predicted molar refractivity (Wildman–Crippen MR) is 211 cm³/mol. The van der Waals surface area contributed by atoms with Crippen LogP contribution < -0.4 is 9.80 Å². The molecule has 8 aromatic carbocycles. The minimum absolute atomic E-state index is 1.11. The third kappa shape index (κ3) is 5.63. The van der Waals surface area contributed by atoms with Crippen molar-refractivity contribution in [2.24, 2.45) is 0 Å². The molecule has 0 saturated carbocycles. The van der Waals surface area contributed by atoms with Gasteiger partial charge in [0, 0.05) is 34.1 Å². The zero-order valence-corrected chi connectivity index (χ0v) is 27.5. The van der Waals surface area contributed by atoms with E-state index in [9.17, 15) is 0 Å². The van der Waals surface area contributed by atoms with Crippen LogP contribution in [-0.4, -0.2) is 0 Å². The summed E-state index contributed by atoms with van der Waals surface area (Å²) in [7, 11) is 0. The molecule has 236 valence electrons. The van der Waals surface area contributed by atoms with Crippen molar-refractivity contribution in [2.45, 2.75) is 0 Å². The first-order valence-corrected chi connectivity index (χ1v) is 17.1. The van der Waals surface area contributed by atoms with Gasteiger partial charge < -0.3 is 9.80 Å². The molecule has 1 aliphatic heterocycles. The lowest BCUT2D eigenvalue weighted by Crippen LogP contribution is -2.11. The van der Waals surface area contributed by atoms with Crippen molar-refractivity contribution in [1.82, 2.24) is 0 Å². The molecule has 8 aromatic rings. The minimum Gasteiger partial charge on any atom is -0.310 e. The highest BCUT2D eigenvalue weighted by Gasteiger charge is 2.18. The quantitative estimate of drug-likeness (QED) is 0.189. The lowest BCUT2D eigenvalue weighted by Gasteiger charge is -2.28. The molecule has 0 fully saturated rings. The van der Waals surface area contributed by atoms with Gasteiger partial charge in [0.25, 0.3) is 0 Å². The molecule has 2 nitrogen and oxygen atoms in total. The molecule has 0 unspecified atom stereocenters. The van der Waals surface area contributed by atoms with Crippen LogP contribution in [0.3, 0.4) is 0 Å². The van der Waals surface area contributed by atoms with E-state index >= 15 is 0 Å². The molecular formula is C48H34N2. The van der Waals surface area contributed by atoms with Crippen LogP contribution in [-0.2, 0) is 0 Å². The van der Waals surface area contributed by atoms with E-state index in [1.165, 1.54) is 22.3 Å². The van der Waals surface area contributed by atoms with Gasteiger partial charge in [-0.1, -0.05) is 133 Å². The third-order valence-electron chi connectivity index (χ3n) is 9.55. The minimum atomic E-state index is 1.11. The molecule has 1 heterocycles. The number of benzene rings is 8. The van der Waals surface area contributed by atoms with Crippen LogP contribution in [0.5, 0.6) is 0 Å². The summed E-state index contributed by atoms with van der Waals surface area (Å²) in [5, 5.41) is 0. The molecule has 50 heavy (non-hydrogen) atoms. The standard InChI is InChI=1S/C48H34N2/c1-3-11-35(12-4-1)37-23-27-43(28-24-37)49-45-19-7-15-39(31-45)41-17-9-21-47(33-41)50(44-29-25-38(26-30-44)36-13-5-2-6-14-36)48-22-10-18-42(34-48)40-16-8-20-46(49)32-40/h1-34H. The molecule has 0 atom stereocenters. The first-order valence-electron chi connectivity index (χ1n) is 17.1. The maximum absolute atomic E-state index is 2.36. The second-order valence-corrected chi connectivity index (χ2v) is 12.7. The third-order valence-corrected chi connectivity index (χ3v) is 9.55. The molecule has 0 aromatic heterocycles. The Kier molecular flexibility index (Phi) is 7.53. The highest BCUT2D eigenvalue weighted by molar-refractivity contribution is 5.87. The number of nitrogens with zero attached hydrogens (tertiary/aromatic N) is 2. The van der Waals surface area contributed by atoms with Crippen LogP contribution in [0.15, 0.2) is 206 Å². The first kappa shape index (κ1) is 29.5. The van der Waals surface area contributed by atoms with Crippen LogP contribution in [0.4, 0.5) is 34.1 Å². The Bertz CT molecular complexity index is 2150. The van der Waals surface area contributed by atoms with Crippen molar-refractivity contribution in [3.05, 3.63) is 206 Å². The topological polar surface area (TPSA) is 6.48 Å². The lowest BCUT2D eigenvalue weighted by molar-refractivity contribution is 1.27. The predicted octanol–water partition coefficient (Wildman–Crippen LogP) is 13.6. The van der Waals surface area contributed by atoms with E-state index in [1.54, 1.807) is 0 Å². The van der Waals surface area contributed by atoms with Gasteiger partial charge in [0.1, 0.15) is 0 Å². The molecule has 0 aliphatic carbocycles. The summed E-state index contributed by atoms with van der Waals surface area (Å²) in [6, 6.07) is 74.5. The van der Waals surface area contributed by atoms with Gasteiger partial charge >= 0.3 is 0 Å². The maximum atomic E-state index is 2.36. The Hall–Kier alpha value is -6.64. The highest BCUT2D eigenvalue weighted by Crippen LogP contribution is 2.42. The fourth-order valence-corrected chi connectivity index (χ4v) is 7.06. The SMILES string of the molecule is c1ccc(-c2ccc(N3c4cccc(c4)-c4cccc(c4)N(c4ccc(-c5ccccc5)cc4)c4cccc(c4)-c4cccc3c4)cc2)cc1. The zero-order valence-electron chi connectivity index (χ0n) is 27.5. The number of hydrogen-bond acceptors (Lipinski definition) is 2. The Labute approximate surface area is 293 Å². The molecule has 2 heteroatoms. The monoisotopic (exact) mass is 638 g/mol. The Balaban J connectivity index is 1.20. The van der Waals surface area contributed by atoms with E-state index in [-0.39, 0.29) is 0 Å². The van der Waals surface area contributed by atoms with Crippen LogP contribution in [0, 0.1) is 0 Å². The molecule has 0 spiro atoms. The number of anilines is 6. The van der Waals surface area contributed by atoms with Crippen LogP contribution in [0.25, 0.3) is 44.5 Å². The number of rotatable bonds is 4. The summed E-state index contributed by atoms with van der Waals surface area (Å²) in [5.41, 5.74) is 16.1. The van der Waals surface area contributed by atoms with Gasteiger partial charge in [-0.15, -0.1) is 0 Å². The van der Waals surface area contributed by atoms with Gasteiger partial charge in [0.05, 0.1) is 0 Å². The Morgan fingerprint density at radius 1 is 0.180 bits per heavy atom. The number of hydrogen-bond donors (Lipinski definition) is 0. The summed E-state index contributed by atoms with van der Waals surface area (Å²) >= 11 is 0. The van der Waals surface area contributed by atoms with Gasteiger partial charge in [-0.25, -0.2) is 0 Å². The van der Waals surface area contributed by atoms with Crippen molar-refractivity contribution in [2.75, 3.05) is 9.80 Å². The summed E-state index contributed by atoms with van der Waals surface area (Å²) in [6.07, 6.45) is 0. The van der Waals surface area contributed by atoms with Crippen LogP contribution in [0.1, 0.15) is 0 Å². The van der Waals surface area contributed by atoms with Crippen molar-refractivity contribution in [3.8, 4) is 44.5 Å². The van der Waals surface area contributed by atoms with E-state index in [4.69, 9.17) is 0 Å². The Morgan fingerprint density at radius 3 is 0.740 bits per heavy atom. The fraction of sp³-hybridized carbons (Fsp3) is 0. The van der Waals surface area contributed by atoms with Crippen molar-refractivity contribution >= 4 is 34.1 Å². The van der Waals surface area contributed by atoms with Crippen LogP contribution in [0.2, 0.25) is 0 Å². The van der Waals surface area contributed by atoms with Gasteiger partial charge in [-0.05, 0) is 117 Å². The van der Waals surface area contributed by atoms with Gasteiger partial charge in [0.15, 0.2) is 0 Å². The molecule has 0 N–H and O–H groups in total. The maximum Gasteiger partial charge on any atom is 0.0467 e. The molecule has 0 amide bonds.